The Bertz CT molecular complexity index is 689. The van der Waals surface area contributed by atoms with Gasteiger partial charge in [0.1, 0.15) is 11.5 Å². The summed E-state index contributed by atoms with van der Waals surface area (Å²) in [6.45, 7) is 3.69. The lowest BCUT2D eigenvalue weighted by atomic mass is 10.2. The summed E-state index contributed by atoms with van der Waals surface area (Å²) in [5.74, 6) is -0.406. The maximum Gasteiger partial charge on any atom is 0.329 e. The SMILES string of the molecule is Cc1cccc(NC(=O)C(=O)NN=Cc2ccc(C)o2)c1. The predicted molar refractivity (Wildman–Crippen MR) is 79.0 cm³/mol. The van der Waals surface area contributed by atoms with E-state index in [2.05, 4.69) is 15.8 Å². The Hall–Kier alpha value is -2.89. The van der Waals surface area contributed by atoms with E-state index in [0.29, 0.717) is 11.4 Å². The summed E-state index contributed by atoms with van der Waals surface area (Å²) < 4.78 is 5.23. The Labute approximate surface area is 121 Å². The van der Waals surface area contributed by atoms with E-state index in [-0.39, 0.29) is 0 Å². The molecule has 2 N–H and O–H groups in total. The summed E-state index contributed by atoms with van der Waals surface area (Å²) >= 11 is 0. The number of nitrogens with zero attached hydrogens (tertiary/aromatic N) is 1. The van der Waals surface area contributed by atoms with Crippen molar-refractivity contribution in [2.75, 3.05) is 5.32 Å². The van der Waals surface area contributed by atoms with Crippen LogP contribution in [0.2, 0.25) is 0 Å². The van der Waals surface area contributed by atoms with Crippen LogP contribution in [-0.4, -0.2) is 18.0 Å². The first-order chi connectivity index (χ1) is 10.0. The highest BCUT2D eigenvalue weighted by molar-refractivity contribution is 6.39. The van der Waals surface area contributed by atoms with Gasteiger partial charge in [0.15, 0.2) is 0 Å². The van der Waals surface area contributed by atoms with Crippen LogP contribution in [0.25, 0.3) is 0 Å². The van der Waals surface area contributed by atoms with Crippen molar-refractivity contribution in [3.63, 3.8) is 0 Å². The molecule has 2 rings (SSSR count). The molecular weight excluding hydrogens is 270 g/mol. The van der Waals surface area contributed by atoms with Gasteiger partial charge in [-0.25, -0.2) is 5.43 Å². The first-order valence-electron chi connectivity index (χ1n) is 6.32. The number of hydrazone groups is 1. The van der Waals surface area contributed by atoms with Gasteiger partial charge in [0.25, 0.3) is 0 Å². The van der Waals surface area contributed by atoms with E-state index in [1.807, 2.05) is 13.0 Å². The highest BCUT2D eigenvalue weighted by Crippen LogP contribution is 2.09. The average Bonchev–Trinajstić information content (AvgIpc) is 2.84. The lowest BCUT2D eigenvalue weighted by Gasteiger charge is -2.04. The van der Waals surface area contributed by atoms with Gasteiger partial charge < -0.3 is 9.73 Å². The fourth-order valence-corrected chi connectivity index (χ4v) is 1.64. The molecular formula is C15H15N3O3. The zero-order chi connectivity index (χ0) is 15.2. The van der Waals surface area contributed by atoms with Gasteiger partial charge in [-0.15, -0.1) is 0 Å². The van der Waals surface area contributed by atoms with Crippen molar-refractivity contribution in [3.05, 3.63) is 53.5 Å². The number of amides is 2. The minimum absolute atomic E-state index is 0.492. The van der Waals surface area contributed by atoms with Gasteiger partial charge >= 0.3 is 11.8 Å². The lowest BCUT2D eigenvalue weighted by Crippen LogP contribution is -2.32. The van der Waals surface area contributed by atoms with E-state index in [1.54, 1.807) is 37.3 Å². The molecule has 0 unspecified atom stereocenters. The highest BCUT2D eigenvalue weighted by Gasteiger charge is 2.12. The molecule has 0 radical (unpaired) electrons. The molecule has 0 saturated carbocycles. The van der Waals surface area contributed by atoms with Crippen molar-refractivity contribution in [1.82, 2.24) is 5.43 Å². The van der Waals surface area contributed by atoms with Gasteiger partial charge in [0, 0.05) is 5.69 Å². The maximum absolute atomic E-state index is 11.6. The number of carbonyl (C=O) groups is 2. The molecule has 1 aromatic carbocycles. The number of aryl methyl sites for hydroxylation is 2. The van der Waals surface area contributed by atoms with Crippen LogP contribution in [0.1, 0.15) is 17.1 Å². The van der Waals surface area contributed by atoms with E-state index in [9.17, 15) is 9.59 Å². The molecule has 2 amide bonds. The summed E-state index contributed by atoms with van der Waals surface area (Å²) in [7, 11) is 0. The van der Waals surface area contributed by atoms with Gasteiger partial charge in [-0.1, -0.05) is 12.1 Å². The molecule has 0 saturated heterocycles. The molecule has 2 aromatic rings. The molecule has 6 nitrogen and oxygen atoms in total. The van der Waals surface area contributed by atoms with Crippen molar-refractivity contribution in [2.24, 2.45) is 5.10 Å². The third-order valence-corrected chi connectivity index (χ3v) is 2.60. The first kappa shape index (κ1) is 14.5. The Morgan fingerprint density at radius 1 is 1.14 bits per heavy atom. The van der Waals surface area contributed by atoms with Crippen LogP contribution in [0.3, 0.4) is 0 Å². The van der Waals surface area contributed by atoms with Gasteiger partial charge in [-0.2, -0.15) is 5.10 Å². The van der Waals surface area contributed by atoms with Crippen LogP contribution in [0.4, 0.5) is 5.69 Å². The normalized spacial score (nSPS) is 10.6. The van der Waals surface area contributed by atoms with Crippen molar-refractivity contribution in [1.29, 1.82) is 0 Å². The molecule has 108 valence electrons. The molecule has 0 fully saturated rings. The second-order valence-electron chi connectivity index (χ2n) is 4.47. The number of carbonyl (C=O) groups excluding carboxylic acids is 2. The number of benzene rings is 1. The summed E-state index contributed by atoms with van der Waals surface area (Å²) in [6, 6.07) is 10.6. The summed E-state index contributed by atoms with van der Waals surface area (Å²) in [5, 5.41) is 6.14. The van der Waals surface area contributed by atoms with Crippen LogP contribution < -0.4 is 10.7 Å². The average molecular weight is 285 g/mol. The van der Waals surface area contributed by atoms with Crippen LogP contribution in [-0.2, 0) is 9.59 Å². The second kappa shape index (κ2) is 6.51. The maximum atomic E-state index is 11.6. The molecule has 0 atom stereocenters. The predicted octanol–water partition coefficient (Wildman–Crippen LogP) is 1.99. The Balaban J connectivity index is 1.88. The van der Waals surface area contributed by atoms with Crippen molar-refractivity contribution in [2.45, 2.75) is 13.8 Å². The van der Waals surface area contributed by atoms with E-state index < -0.39 is 11.8 Å². The van der Waals surface area contributed by atoms with Gasteiger partial charge in [0.2, 0.25) is 0 Å². The fraction of sp³-hybridized carbons (Fsp3) is 0.133. The molecule has 0 aliphatic rings. The fourth-order valence-electron chi connectivity index (χ4n) is 1.64. The van der Waals surface area contributed by atoms with Crippen LogP contribution in [0.5, 0.6) is 0 Å². The molecule has 21 heavy (non-hydrogen) atoms. The topological polar surface area (TPSA) is 83.7 Å². The molecule has 1 heterocycles. The van der Waals surface area contributed by atoms with Crippen molar-refractivity contribution in [3.8, 4) is 0 Å². The Morgan fingerprint density at radius 3 is 2.62 bits per heavy atom. The molecule has 0 aliphatic heterocycles. The first-order valence-corrected chi connectivity index (χ1v) is 6.32. The zero-order valence-electron chi connectivity index (χ0n) is 11.7. The number of anilines is 1. The van der Waals surface area contributed by atoms with E-state index >= 15 is 0 Å². The number of furan rings is 1. The third kappa shape index (κ3) is 4.31. The molecule has 0 aliphatic carbocycles. The molecule has 0 spiro atoms. The number of hydrogen-bond acceptors (Lipinski definition) is 4. The summed E-state index contributed by atoms with van der Waals surface area (Å²) in [5.41, 5.74) is 3.68. The van der Waals surface area contributed by atoms with E-state index in [4.69, 9.17) is 4.42 Å². The quantitative estimate of drug-likeness (QED) is 0.514. The Kier molecular flexibility index (Phi) is 4.50. The summed E-state index contributed by atoms with van der Waals surface area (Å²) in [6.07, 6.45) is 1.32. The highest BCUT2D eigenvalue weighted by atomic mass is 16.3. The van der Waals surface area contributed by atoms with Crippen LogP contribution in [0.15, 0.2) is 45.9 Å². The van der Waals surface area contributed by atoms with Crippen LogP contribution in [0, 0.1) is 13.8 Å². The molecule has 1 aromatic heterocycles. The largest absolute Gasteiger partial charge is 0.460 e. The Morgan fingerprint density at radius 2 is 1.95 bits per heavy atom. The van der Waals surface area contributed by atoms with Gasteiger partial charge in [0.05, 0.1) is 6.21 Å². The third-order valence-electron chi connectivity index (χ3n) is 2.60. The minimum Gasteiger partial charge on any atom is -0.460 e. The second-order valence-corrected chi connectivity index (χ2v) is 4.47. The number of hydrogen-bond donors (Lipinski definition) is 2. The molecule has 6 heteroatoms. The van der Waals surface area contributed by atoms with Crippen molar-refractivity contribution < 1.29 is 14.0 Å². The van der Waals surface area contributed by atoms with Crippen molar-refractivity contribution >= 4 is 23.7 Å². The van der Waals surface area contributed by atoms with Gasteiger partial charge in [-0.05, 0) is 43.7 Å². The standard InChI is InChI=1S/C15H15N3O3/c1-10-4-3-5-12(8-10)17-14(19)15(20)18-16-9-13-7-6-11(2)21-13/h3-9H,1-2H3,(H,17,19)(H,18,20). The number of nitrogens with one attached hydrogen (secondary N) is 2. The smallest absolute Gasteiger partial charge is 0.329 e. The molecule has 0 bridgehead atoms. The van der Waals surface area contributed by atoms with Gasteiger partial charge in [-0.3, -0.25) is 9.59 Å². The van der Waals surface area contributed by atoms with Crippen LogP contribution >= 0.6 is 0 Å². The summed E-state index contributed by atoms with van der Waals surface area (Å²) in [4.78, 5) is 23.2. The monoisotopic (exact) mass is 285 g/mol. The lowest BCUT2D eigenvalue weighted by molar-refractivity contribution is -0.136. The number of rotatable bonds is 3. The van der Waals surface area contributed by atoms with E-state index in [1.165, 1.54) is 6.21 Å². The minimum atomic E-state index is -0.851. The zero-order valence-corrected chi connectivity index (χ0v) is 11.7. The van der Waals surface area contributed by atoms with E-state index in [0.717, 1.165) is 11.3 Å².